The van der Waals surface area contributed by atoms with Crippen molar-refractivity contribution in [2.45, 2.75) is 6.54 Å². The van der Waals surface area contributed by atoms with Crippen LogP contribution in [0.15, 0.2) is 60.0 Å². The fraction of sp³-hybridized carbons (Fsp3) is 0.0667. The van der Waals surface area contributed by atoms with Crippen LogP contribution in [0.3, 0.4) is 0 Å². The van der Waals surface area contributed by atoms with Crippen molar-refractivity contribution in [2.75, 3.05) is 5.32 Å². The Labute approximate surface area is 126 Å². The summed E-state index contributed by atoms with van der Waals surface area (Å²) in [5.41, 5.74) is 1.23. The van der Waals surface area contributed by atoms with Crippen LogP contribution in [0.2, 0.25) is 0 Å². The lowest BCUT2D eigenvalue weighted by molar-refractivity contribution is -0.684. The predicted octanol–water partition coefficient (Wildman–Crippen LogP) is 1.13. The zero-order chi connectivity index (χ0) is 15.8. The fourth-order valence-corrected chi connectivity index (χ4v) is 1.80. The number of nitrogens with one attached hydrogen (secondary N) is 2. The van der Waals surface area contributed by atoms with Crippen LogP contribution < -0.4 is 15.2 Å². The van der Waals surface area contributed by atoms with Crippen LogP contribution >= 0.6 is 0 Å². The maximum atomic E-state index is 11.8. The largest absolute Gasteiger partial charge is 0.411 e. The Morgan fingerprint density at radius 2 is 1.95 bits per heavy atom. The second kappa shape index (κ2) is 7.53. The maximum Gasteiger partial charge on any atom is 0.326 e. The van der Waals surface area contributed by atoms with Gasteiger partial charge in [0.2, 0.25) is 6.54 Å². The molecule has 1 aromatic carbocycles. The van der Waals surface area contributed by atoms with E-state index in [1.165, 1.54) is 6.21 Å². The molecule has 0 radical (unpaired) electrons. The van der Waals surface area contributed by atoms with Crippen LogP contribution in [0.25, 0.3) is 0 Å². The third-order valence-corrected chi connectivity index (χ3v) is 2.70. The van der Waals surface area contributed by atoms with Crippen molar-refractivity contribution in [1.82, 2.24) is 5.32 Å². The zero-order valence-electron chi connectivity index (χ0n) is 11.6. The van der Waals surface area contributed by atoms with E-state index < -0.39 is 11.9 Å². The van der Waals surface area contributed by atoms with Crippen molar-refractivity contribution >= 4 is 23.8 Å². The van der Waals surface area contributed by atoms with E-state index in [2.05, 4.69) is 15.8 Å². The fourth-order valence-electron chi connectivity index (χ4n) is 1.80. The molecule has 7 heteroatoms. The van der Waals surface area contributed by atoms with Crippen LogP contribution in [0, 0.1) is 0 Å². The van der Waals surface area contributed by atoms with Crippen LogP contribution in [-0.4, -0.2) is 23.4 Å². The first-order chi connectivity index (χ1) is 10.7. The van der Waals surface area contributed by atoms with Crippen molar-refractivity contribution in [3.63, 3.8) is 0 Å². The minimum atomic E-state index is -0.593. The molecule has 22 heavy (non-hydrogen) atoms. The second-order valence-electron chi connectivity index (χ2n) is 4.42. The number of carbonyl (C=O) groups is 2. The third kappa shape index (κ3) is 4.71. The molecular formula is C15H15N4O3+. The van der Waals surface area contributed by atoms with Gasteiger partial charge in [0.1, 0.15) is 0 Å². The van der Waals surface area contributed by atoms with Crippen molar-refractivity contribution < 1.29 is 19.4 Å². The molecule has 0 saturated heterocycles. The van der Waals surface area contributed by atoms with Crippen molar-refractivity contribution in [1.29, 1.82) is 0 Å². The van der Waals surface area contributed by atoms with Gasteiger partial charge < -0.3 is 10.5 Å². The van der Waals surface area contributed by atoms with Gasteiger partial charge in [-0.3, -0.25) is 10.1 Å². The Hall–Kier alpha value is -3.22. The predicted molar refractivity (Wildman–Crippen MR) is 79.6 cm³/mol. The molecule has 0 spiro atoms. The van der Waals surface area contributed by atoms with Crippen LogP contribution in [0.5, 0.6) is 0 Å². The number of imide groups is 1. The molecule has 2 rings (SSSR count). The Bertz CT molecular complexity index is 686. The van der Waals surface area contributed by atoms with Crippen molar-refractivity contribution in [2.24, 2.45) is 5.16 Å². The normalized spacial score (nSPS) is 10.4. The summed E-state index contributed by atoms with van der Waals surface area (Å²) in [6.07, 6.45) is 4.54. The molecular weight excluding hydrogens is 284 g/mol. The standard InChI is InChI=1S/C15H14N4O3/c20-14(11-19-8-4-5-12(10-19)9-16-22)18-15(21)17-13-6-2-1-3-7-13/h1-10H,11H2,(H2-,17,18,20,21,22)/p+1. The molecule has 0 bridgehead atoms. The minimum absolute atomic E-state index is 0.0324. The number of hydrogen-bond acceptors (Lipinski definition) is 4. The highest BCUT2D eigenvalue weighted by Gasteiger charge is 2.13. The van der Waals surface area contributed by atoms with Crippen LogP contribution in [0.4, 0.5) is 10.5 Å². The first-order valence-corrected chi connectivity index (χ1v) is 6.50. The molecule has 0 saturated carbocycles. The summed E-state index contributed by atoms with van der Waals surface area (Å²) in [5.74, 6) is -0.462. The summed E-state index contributed by atoms with van der Waals surface area (Å²) < 4.78 is 1.57. The number of urea groups is 1. The van der Waals surface area contributed by atoms with Gasteiger partial charge >= 0.3 is 6.03 Å². The molecule has 1 heterocycles. The van der Waals surface area contributed by atoms with E-state index in [0.29, 0.717) is 11.3 Å². The van der Waals surface area contributed by atoms with E-state index in [1.807, 2.05) is 6.07 Å². The number of pyridine rings is 1. The van der Waals surface area contributed by atoms with Gasteiger partial charge in [-0.2, -0.15) is 4.57 Å². The van der Waals surface area contributed by atoms with Gasteiger partial charge in [0.25, 0.3) is 5.91 Å². The molecule has 112 valence electrons. The molecule has 0 aliphatic carbocycles. The quantitative estimate of drug-likeness (QED) is 0.342. The summed E-state index contributed by atoms with van der Waals surface area (Å²) in [4.78, 5) is 23.5. The highest BCUT2D eigenvalue weighted by molar-refractivity contribution is 6.00. The van der Waals surface area contributed by atoms with Gasteiger partial charge in [-0.1, -0.05) is 23.4 Å². The first kappa shape index (κ1) is 15.2. The SMILES string of the molecule is O=C(C[n+]1cccc(C=NO)c1)NC(=O)Nc1ccccc1. The minimum Gasteiger partial charge on any atom is -0.411 e. The highest BCUT2D eigenvalue weighted by atomic mass is 16.4. The molecule has 0 fully saturated rings. The summed E-state index contributed by atoms with van der Waals surface area (Å²) >= 11 is 0. The topological polar surface area (TPSA) is 94.7 Å². The number of carbonyl (C=O) groups excluding carboxylic acids is 2. The molecule has 3 N–H and O–H groups in total. The number of benzene rings is 1. The molecule has 0 aliphatic rings. The number of amides is 3. The lowest BCUT2D eigenvalue weighted by atomic mass is 10.3. The number of hydrogen-bond donors (Lipinski definition) is 3. The lowest BCUT2D eigenvalue weighted by Crippen LogP contribution is -2.45. The molecule has 2 aromatic rings. The summed E-state index contributed by atoms with van der Waals surface area (Å²) in [6, 6.07) is 11.7. The molecule has 1 aromatic heterocycles. The van der Waals surface area contributed by atoms with Gasteiger partial charge in [0, 0.05) is 11.8 Å². The lowest BCUT2D eigenvalue weighted by Gasteiger charge is -2.05. The van der Waals surface area contributed by atoms with Gasteiger partial charge in [-0.15, -0.1) is 0 Å². The molecule has 0 aliphatic heterocycles. The van der Waals surface area contributed by atoms with E-state index in [0.717, 1.165) is 0 Å². The molecule has 7 nitrogen and oxygen atoms in total. The van der Waals surface area contributed by atoms with Gasteiger partial charge in [0.05, 0.1) is 11.8 Å². The number of oxime groups is 1. The monoisotopic (exact) mass is 299 g/mol. The number of rotatable bonds is 4. The summed E-state index contributed by atoms with van der Waals surface area (Å²) in [6.45, 7) is -0.0324. The van der Waals surface area contributed by atoms with Crippen molar-refractivity contribution in [3.8, 4) is 0 Å². The maximum absolute atomic E-state index is 11.8. The van der Waals surface area contributed by atoms with E-state index in [-0.39, 0.29) is 6.54 Å². The summed E-state index contributed by atoms with van der Waals surface area (Å²) in [5, 5.41) is 16.2. The smallest absolute Gasteiger partial charge is 0.326 e. The number of anilines is 1. The number of aromatic nitrogens is 1. The van der Waals surface area contributed by atoms with Gasteiger partial charge in [0.15, 0.2) is 12.4 Å². The zero-order valence-corrected chi connectivity index (χ0v) is 11.6. The van der Waals surface area contributed by atoms with E-state index in [4.69, 9.17) is 5.21 Å². The van der Waals surface area contributed by atoms with E-state index >= 15 is 0 Å². The Balaban J connectivity index is 1.90. The Morgan fingerprint density at radius 3 is 2.68 bits per heavy atom. The average molecular weight is 299 g/mol. The van der Waals surface area contributed by atoms with Crippen LogP contribution in [0.1, 0.15) is 5.56 Å². The van der Waals surface area contributed by atoms with Crippen molar-refractivity contribution in [3.05, 3.63) is 60.4 Å². The Kier molecular flexibility index (Phi) is 5.20. The average Bonchev–Trinajstić information content (AvgIpc) is 2.48. The Morgan fingerprint density at radius 1 is 1.18 bits per heavy atom. The van der Waals surface area contributed by atoms with E-state index in [1.54, 1.807) is 53.4 Å². The van der Waals surface area contributed by atoms with Gasteiger partial charge in [-0.05, 0) is 18.2 Å². The van der Waals surface area contributed by atoms with Gasteiger partial charge in [-0.25, -0.2) is 4.79 Å². The first-order valence-electron chi connectivity index (χ1n) is 6.50. The third-order valence-electron chi connectivity index (χ3n) is 2.70. The highest BCUT2D eigenvalue weighted by Crippen LogP contribution is 2.03. The number of para-hydroxylation sites is 1. The second-order valence-corrected chi connectivity index (χ2v) is 4.42. The number of nitrogens with zero attached hydrogens (tertiary/aromatic N) is 2. The molecule has 0 atom stereocenters. The molecule has 3 amide bonds. The van der Waals surface area contributed by atoms with E-state index in [9.17, 15) is 9.59 Å². The molecule has 0 unspecified atom stereocenters. The summed E-state index contributed by atoms with van der Waals surface area (Å²) in [7, 11) is 0. The van der Waals surface area contributed by atoms with Crippen LogP contribution in [-0.2, 0) is 11.3 Å².